The summed E-state index contributed by atoms with van der Waals surface area (Å²) in [5.41, 5.74) is 3.88. The lowest BCUT2D eigenvalue weighted by molar-refractivity contribution is -0.0346. The number of nitrogens with zero attached hydrogens (tertiary/aromatic N) is 5. The number of hydrogen-bond donors (Lipinski definition) is 0. The van der Waals surface area contributed by atoms with Crippen LogP contribution in [0.1, 0.15) is 23.2 Å². The maximum atomic E-state index is 5.99. The van der Waals surface area contributed by atoms with E-state index in [1.54, 1.807) is 0 Å². The van der Waals surface area contributed by atoms with Crippen molar-refractivity contribution in [3.63, 3.8) is 0 Å². The quantitative estimate of drug-likeness (QED) is 0.803. The molecule has 1 aliphatic rings. The van der Waals surface area contributed by atoms with Crippen LogP contribution >= 0.6 is 0 Å². The Hall–Kier alpha value is -1.92. The third kappa shape index (κ3) is 4.58. The summed E-state index contributed by atoms with van der Waals surface area (Å²) in [4.78, 5) is 8.90. The molecule has 25 heavy (non-hydrogen) atoms. The van der Waals surface area contributed by atoms with E-state index in [9.17, 15) is 0 Å². The fraction of sp³-hybridized carbons (Fsp3) is 0.579. The third-order valence-corrected chi connectivity index (χ3v) is 4.98. The van der Waals surface area contributed by atoms with E-state index >= 15 is 0 Å². The van der Waals surface area contributed by atoms with Crippen LogP contribution in [0.5, 0.6) is 0 Å². The zero-order valence-electron chi connectivity index (χ0n) is 15.8. The number of ether oxygens (including phenoxy) is 1. The van der Waals surface area contributed by atoms with Gasteiger partial charge in [0, 0.05) is 58.2 Å². The van der Waals surface area contributed by atoms with E-state index in [-0.39, 0.29) is 0 Å². The van der Waals surface area contributed by atoms with Crippen LogP contribution in [0.25, 0.3) is 0 Å². The zero-order valence-corrected chi connectivity index (χ0v) is 15.8. The van der Waals surface area contributed by atoms with Crippen molar-refractivity contribution in [2.45, 2.75) is 32.4 Å². The summed E-state index contributed by atoms with van der Waals surface area (Å²) in [6.07, 6.45) is 6.23. The lowest BCUT2D eigenvalue weighted by Crippen LogP contribution is -2.42. The molecule has 136 valence electrons. The Morgan fingerprint density at radius 2 is 2.20 bits per heavy atom. The minimum Gasteiger partial charge on any atom is -0.376 e. The van der Waals surface area contributed by atoms with Gasteiger partial charge >= 0.3 is 0 Å². The van der Waals surface area contributed by atoms with Crippen LogP contribution in [0.15, 0.2) is 24.5 Å². The Kier molecular flexibility index (Phi) is 5.71. The molecule has 6 heteroatoms. The first-order chi connectivity index (χ1) is 12.0. The minimum atomic E-state index is 0.293. The maximum absolute atomic E-state index is 5.99. The molecule has 0 saturated carbocycles. The van der Waals surface area contributed by atoms with Gasteiger partial charge in [0.25, 0.3) is 0 Å². The molecule has 1 atom stereocenters. The van der Waals surface area contributed by atoms with Gasteiger partial charge in [0.05, 0.1) is 18.9 Å². The Morgan fingerprint density at radius 3 is 2.92 bits per heavy atom. The molecule has 6 nitrogen and oxygen atoms in total. The van der Waals surface area contributed by atoms with Crippen LogP contribution in [0.2, 0.25) is 0 Å². The van der Waals surface area contributed by atoms with Gasteiger partial charge in [-0.25, -0.2) is 4.98 Å². The molecular weight excluding hydrogens is 314 g/mol. The predicted octanol–water partition coefficient (Wildman–Crippen LogP) is 2.02. The van der Waals surface area contributed by atoms with Crippen molar-refractivity contribution < 1.29 is 4.74 Å². The first-order valence-corrected chi connectivity index (χ1v) is 8.96. The van der Waals surface area contributed by atoms with Crippen molar-refractivity contribution in [1.29, 1.82) is 0 Å². The molecule has 0 spiro atoms. The van der Waals surface area contributed by atoms with Gasteiger partial charge in [0.1, 0.15) is 5.82 Å². The van der Waals surface area contributed by atoms with Gasteiger partial charge in [-0.15, -0.1) is 0 Å². The maximum Gasteiger partial charge on any atom is 0.128 e. The van der Waals surface area contributed by atoms with Crippen molar-refractivity contribution in [3.8, 4) is 0 Å². The van der Waals surface area contributed by atoms with Gasteiger partial charge in [0.15, 0.2) is 0 Å². The molecule has 1 fully saturated rings. The predicted molar refractivity (Wildman–Crippen MR) is 99.8 cm³/mol. The number of aryl methyl sites for hydroxylation is 2. The second-order valence-electron chi connectivity index (χ2n) is 7.06. The first-order valence-electron chi connectivity index (χ1n) is 8.96. The molecule has 2 aromatic heterocycles. The van der Waals surface area contributed by atoms with Crippen LogP contribution in [0.3, 0.4) is 0 Å². The van der Waals surface area contributed by atoms with Crippen LogP contribution < -0.4 is 4.90 Å². The monoisotopic (exact) mass is 343 g/mol. The number of aromatic nitrogens is 3. The summed E-state index contributed by atoms with van der Waals surface area (Å²) < 4.78 is 7.94. The SMILES string of the molecule is Cc1c(CN2CCO[C@@H](CCc3ccnc(N(C)C)c3)C2)cnn1C. The van der Waals surface area contributed by atoms with Crippen molar-refractivity contribution in [3.05, 3.63) is 41.3 Å². The van der Waals surface area contributed by atoms with E-state index < -0.39 is 0 Å². The summed E-state index contributed by atoms with van der Waals surface area (Å²) >= 11 is 0. The van der Waals surface area contributed by atoms with E-state index in [4.69, 9.17) is 4.74 Å². The highest BCUT2D eigenvalue weighted by atomic mass is 16.5. The molecule has 0 aromatic carbocycles. The summed E-state index contributed by atoms with van der Waals surface area (Å²) in [7, 11) is 6.04. The highest BCUT2D eigenvalue weighted by Crippen LogP contribution is 2.17. The average molecular weight is 343 g/mol. The lowest BCUT2D eigenvalue weighted by atomic mass is 10.1. The Bertz CT molecular complexity index is 697. The van der Waals surface area contributed by atoms with Gasteiger partial charge in [-0.1, -0.05) is 0 Å². The van der Waals surface area contributed by atoms with Crippen molar-refractivity contribution in [2.75, 3.05) is 38.7 Å². The highest BCUT2D eigenvalue weighted by Gasteiger charge is 2.21. The molecule has 0 radical (unpaired) electrons. The second kappa shape index (κ2) is 7.97. The van der Waals surface area contributed by atoms with Gasteiger partial charge in [0.2, 0.25) is 0 Å². The molecule has 1 saturated heterocycles. The summed E-state index contributed by atoms with van der Waals surface area (Å²) in [6.45, 7) is 5.87. The van der Waals surface area contributed by atoms with Gasteiger partial charge in [-0.05, 0) is 37.5 Å². The van der Waals surface area contributed by atoms with Crippen molar-refractivity contribution in [1.82, 2.24) is 19.7 Å². The van der Waals surface area contributed by atoms with Crippen molar-refractivity contribution >= 4 is 5.82 Å². The molecule has 2 aromatic rings. The molecule has 3 rings (SSSR count). The number of hydrogen-bond acceptors (Lipinski definition) is 5. The largest absolute Gasteiger partial charge is 0.376 e. The zero-order chi connectivity index (χ0) is 17.8. The molecule has 3 heterocycles. The Morgan fingerprint density at radius 1 is 1.36 bits per heavy atom. The van der Waals surface area contributed by atoms with E-state index in [1.807, 2.05) is 43.1 Å². The number of morpholine rings is 1. The topological polar surface area (TPSA) is 46.4 Å². The van der Waals surface area contributed by atoms with Crippen LogP contribution in [-0.2, 0) is 24.8 Å². The average Bonchev–Trinajstić information content (AvgIpc) is 2.93. The molecule has 0 bridgehead atoms. The number of anilines is 1. The van der Waals surface area contributed by atoms with E-state index in [1.165, 1.54) is 16.8 Å². The van der Waals surface area contributed by atoms with Gasteiger partial charge < -0.3 is 9.64 Å². The molecule has 0 unspecified atom stereocenters. The van der Waals surface area contributed by atoms with Gasteiger partial charge in [-0.2, -0.15) is 5.10 Å². The molecule has 0 amide bonds. The van der Waals surface area contributed by atoms with Crippen LogP contribution in [-0.4, -0.2) is 59.6 Å². The molecule has 0 N–H and O–H groups in total. The Labute approximate surface area is 150 Å². The molecular formula is C19H29N5O. The van der Waals surface area contributed by atoms with E-state index in [0.29, 0.717) is 6.10 Å². The fourth-order valence-corrected chi connectivity index (χ4v) is 3.23. The second-order valence-corrected chi connectivity index (χ2v) is 7.06. The van der Waals surface area contributed by atoms with Crippen LogP contribution in [0, 0.1) is 6.92 Å². The van der Waals surface area contributed by atoms with Crippen LogP contribution in [0.4, 0.5) is 5.82 Å². The van der Waals surface area contributed by atoms with Crippen molar-refractivity contribution in [2.24, 2.45) is 7.05 Å². The summed E-state index contributed by atoms with van der Waals surface area (Å²) in [6, 6.07) is 4.27. The summed E-state index contributed by atoms with van der Waals surface area (Å²) in [5.74, 6) is 1.01. The summed E-state index contributed by atoms with van der Waals surface area (Å²) in [5, 5.41) is 4.35. The normalized spacial score (nSPS) is 18.5. The number of rotatable bonds is 6. The molecule has 1 aliphatic heterocycles. The molecule has 0 aliphatic carbocycles. The highest BCUT2D eigenvalue weighted by molar-refractivity contribution is 5.39. The fourth-order valence-electron chi connectivity index (χ4n) is 3.23. The number of pyridine rings is 1. The van der Waals surface area contributed by atoms with Gasteiger partial charge in [-0.3, -0.25) is 9.58 Å². The standard InChI is InChI=1S/C19H29N5O/c1-15-17(12-21-23(15)4)13-24-9-10-25-18(14-24)6-5-16-7-8-20-19(11-16)22(2)3/h7-8,11-12,18H,5-6,9-10,13-14H2,1-4H3/t18-/m0/s1. The van der Waals surface area contributed by atoms with E-state index in [2.05, 4.69) is 34.0 Å². The first kappa shape index (κ1) is 17.9. The van der Waals surface area contributed by atoms with E-state index in [0.717, 1.165) is 44.9 Å². The minimum absolute atomic E-state index is 0.293. The third-order valence-electron chi connectivity index (χ3n) is 4.98. The smallest absolute Gasteiger partial charge is 0.128 e. The lowest BCUT2D eigenvalue weighted by Gasteiger charge is -2.33. The Balaban J connectivity index is 1.53.